The van der Waals surface area contributed by atoms with Crippen LogP contribution in [0.25, 0.3) is 0 Å². The zero-order valence-corrected chi connectivity index (χ0v) is 15.6. The third kappa shape index (κ3) is 6.61. The molecule has 0 atom stereocenters. The second-order valence-electron chi connectivity index (χ2n) is 6.12. The zero-order chi connectivity index (χ0) is 17.8. The maximum Gasteiger partial charge on any atom is 0.331 e. The second kappa shape index (κ2) is 12.0. The van der Waals surface area contributed by atoms with Gasteiger partial charge in [0.25, 0.3) is 5.56 Å². The van der Waals surface area contributed by atoms with Crippen molar-refractivity contribution in [2.75, 3.05) is 26.2 Å². The Labute approximate surface area is 145 Å². The van der Waals surface area contributed by atoms with Crippen LogP contribution < -0.4 is 21.9 Å². The summed E-state index contributed by atoms with van der Waals surface area (Å²) in [6, 6.07) is 1.63. The molecule has 0 bridgehead atoms. The van der Waals surface area contributed by atoms with Crippen LogP contribution in [0.2, 0.25) is 0 Å². The van der Waals surface area contributed by atoms with Gasteiger partial charge in [-0.2, -0.15) is 0 Å². The largest absolute Gasteiger partial charge is 0.331 e. The fourth-order valence-electron chi connectivity index (χ4n) is 2.73. The van der Waals surface area contributed by atoms with Gasteiger partial charge in [-0.05, 0) is 58.3 Å². The van der Waals surface area contributed by atoms with E-state index in [-0.39, 0.29) is 11.2 Å². The highest BCUT2D eigenvalue weighted by Gasteiger charge is 2.10. The standard InChI is InChI=1S/C18H34N4O2/c1-4-9-19-11-7-13-21-16(6-3)15-17(23)22(18(21)24)14-8-12-20-10-5-2/h15,19-20H,4-14H2,1-3H3. The molecule has 138 valence electrons. The van der Waals surface area contributed by atoms with Crippen molar-refractivity contribution in [1.82, 2.24) is 19.8 Å². The molecule has 0 aliphatic carbocycles. The van der Waals surface area contributed by atoms with Crippen molar-refractivity contribution in [2.45, 2.75) is 66.0 Å². The maximum absolute atomic E-state index is 12.7. The van der Waals surface area contributed by atoms with Crippen LogP contribution >= 0.6 is 0 Å². The van der Waals surface area contributed by atoms with E-state index >= 15 is 0 Å². The van der Waals surface area contributed by atoms with Gasteiger partial charge in [-0.1, -0.05) is 20.8 Å². The highest BCUT2D eigenvalue weighted by atomic mass is 16.2. The van der Waals surface area contributed by atoms with Gasteiger partial charge in [0.2, 0.25) is 0 Å². The molecule has 0 unspecified atom stereocenters. The maximum atomic E-state index is 12.7. The van der Waals surface area contributed by atoms with Crippen molar-refractivity contribution < 1.29 is 0 Å². The molecular formula is C18H34N4O2. The Morgan fingerprint density at radius 1 is 0.833 bits per heavy atom. The van der Waals surface area contributed by atoms with Crippen LogP contribution in [0, 0.1) is 0 Å². The number of nitrogens with zero attached hydrogens (tertiary/aromatic N) is 2. The lowest BCUT2D eigenvalue weighted by Crippen LogP contribution is -2.41. The van der Waals surface area contributed by atoms with Gasteiger partial charge < -0.3 is 10.6 Å². The van der Waals surface area contributed by atoms with E-state index in [1.54, 1.807) is 10.6 Å². The first-order valence-electron chi connectivity index (χ1n) is 9.40. The first-order chi connectivity index (χ1) is 11.7. The Kier molecular flexibility index (Phi) is 10.4. The van der Waals surface area contributed by atoms with E-state index in [0.717, 1.165) is 57.6 Å². The van der Waals surface area contributed by atoms with Crippen LogP contribution in [0.3, 0.4) is 0 Å². The quantitative estimate of drug-likeness (QED) is 0.533. The van der Waals surface area contributed by atoms with E-state index in [4.69, 9.17) is 0 Å². The Bertz CT molecular complexity index is 577. The predicted molar refractivity (Wildman–Crippen MR) is 99.9 cm³/mol. The fraction of sp³-hybridized carbons (Fsp3) is 0.778. The van der Waals surface area contributed by atoms with Crippen LogP contribution in [0.15, 0.2) is 15.7 Å². The molecule has 1 aromatic heterocycles. The number of rotatable bonds is 13. The molecule has 1 heterocycles. The van der Waals surface area contributed by atoms with Crippen LogP contribution in [0.4, 0.5) is 0 Å². The first kappa shape index (κ1) is 20.6. The number of aryl methyl sites for hydroxylation is 1. The van der Waals surface area contributed by atoms with Gasteiger partial charge in [-0.15, -0.1) is 0 Å². The summed E-state index contributed by atoms with van der Waals surface area (Å²) in [5, 5.41) is 6.65. The smallest absolute Gasteiger partial charge is 0.317 e. The minimum atomic E-state index is -0.173. The van der Waals surface area contributed by atoms with E-state index < -0.39 is 0 Å². The van der Waals surface area contributed by atoms with E-state index in [2.05, 4.69) is 24.5 Å². The summed E-state index contributed by atoms with van der Waals surface area (Å²) >= 11 is 0. The lowest BCUT2D eigenvalue weighted by atomic mass is 10.3. The number of hydrogen-bond acceptors (Lipinski definition) is 4. The van der Waals surface area contributed by atoms with E-state index in [9.17, 15) is 9.59 Å². The molecule has 1 rings (SSSR count). The van der Waals surface area contributed by atoms with E-state index in [1.165, 1.54) is 4.57 Å². The van der Waals surface area contributed by atoms with E-state index in [1.807, 2.05) is 6.92 Å². The van der Waals surface area contributed by atoms with Crippen molar-refractivity contribution in [2.24, 2.45) is 0 Å². The van der Waals surface area contributed by atoms with Crippen molar-refractivity contribution in [3.8, 4) is 0 Å². The van der Waals surface area contributed by atoms with Crippen molar-refractivity contribution in [1.29, 1.82) is 0 Å². The molecular weight excluding hydrogens is 304 g/mol. The molecule has 0 spiro atoms. The monoisotopic (exact) mass is 338 g/mol. The minimum absolute atomic E-state index is 0.162. The van der Waals surface area contributed by atoms with Gasteiger partial charge in [0.1, 0.15) is 0 Å². The van der Waals surface area contributed by atoms with Crippen LogP contribution in [0.1, 0.15) is 52.1 Å². The molecule has 0 aromatic carbocycles. The average Bonchev–Trinajstić information content (AvgIpc) is 2.58. The Hall–Kier alpha value is -1.40. The summed E-state index contributed by atoms with van der Waals surface area (Å²) in [5.74, 6) is 0. The third-order valence-corrected chi connectivity index (χ3v) is 4.05. The molecule has 0 fully saturated rings. The number of hydrogen-bond donors (Lipinski definition) is 2. The average molecular weight is 338 g/mol. The van der Waals surface area contributed by atoms with Gasteiger partial charge in [0.15, 0.2) is 0 Å². The number of aromatic nitrogens is 2. The Morgan fingerprint density at radius 2 is 1.38 bits per heavy atom. The summed E-state index contributed by atoms with van der Waals surface area (Å²) in [7, 11) is 0. The van der Waals surface area contributed by atoms with Gasteiger partial charge in [-0.25, -0.2) is 4.79 Å². The topological polar surface area (TPSA) is 68.1 Å². The van der Waals surface area contributed by atoms with Gasteiger partial charge in [0, 0.05) is 24.8 Å². The molecule has 0 saturated carbocycles. The van der Waals surface area contributed by atoms with Crippen molar-refractivity contribution in [3.05, 3.63) is 32.6 Å². The highest BCUT2D eigenvalue weighted by molar-refractivity contribution is 5.02. The zero-order valence-electron chi connectivity index (χ0n) is 15.6. The Morgan fingerprint density at radius 3 is 1.88 bits per heavy atom. The van der Waals surface area contributed by atoms with Crippen molar-refractivity contribution >= 4 is 0 Å². The lowest BCUT2D eigenvalue weighted by molar-refractivity contribution is 0.489. The third-order valence-electron chi connectivity index (χ3n) is 4.05. The normalized spacial score (nSPS) is 11.1. The van der Waals surface area contributed by atoms with Crippen LogP contribution in [-0.4, -0.2) is 35.3 Å². The summed E-state index contributed by atoms with van der Waals surface area (Å²) in [4.78, 5) is 24.9. The second-order valence-corrected chi connectivity index (χ2v) is 6.12. The molecule has 0 aliphatic rings. The molecule has 2 N–H and O–H groups in total. The molecule has 0 aliphatic heterocycles. The summed E-state index contributed by atoms with van der Waals surface area (Å²) in [5.41, 5.74) is 0.499. The molecule has 6 heteroatoms. The van der Waals surface area contributed by atoms with Crippen LogP contribution in [0.5, 0.6) is 0 Å². The summed E-state index contributed by atoms with van der Waals surface area (Å²) in [6.45, 7) is 11.1. The lowest BCUT2D eigenvalue weighted by Gasteiger charge is -2.15. The molecule has 24 heavy (non-hydrogen) atoms. The minimum Gasteiger partial charge on any atom is -0.317 e. The molecule has 0 amide bonds. The Balaban J connectivity index is 2.76. The van der Waals surface area contributed by atoms with Crippen molar-refractivity contribution in [3.63, 3.8) is 0 Å². The van der Waals surface area contributed by atoms with E-state index in [0.29, 0.717) is 19.5 Å². The molecule has 0 radical (unpaired) electrons. The first-order valence-corrected chi connectivity index (χ1v) is 9.40. The SMILES string of the molecule is CCCNCCCn1c(CC)cc(=O)n(CCCNCCC)c1=O. The predicted octanol–water partition coefficient (Wildman–Crippen LogP) is 1.35. The highest BCUT2D eigenvalue weighted by Crippen LogP contribution is 1.97. The van der Waals surface area contributed by atoms with Gasteiger partial charge in [-0.3, -0.25) is 13.9 Å². The molecule has 1 aromatic rings. The summed E-state index contributed by atoms with van der Waals surface area (Å²) < 4.78 is 3.15. The van der Waals surface area contributed by atoms with Gasteiger partial charge >= 0.3 is 5.69 Å². The summed E-state index contributed by atoms with van der Waals surface area (Å²) in [6.07, 6.45) is 4.58. The number of nitrogens with one attached hydrogen (secondary N) is 2. The van der Waals surface area contributed by atoms with Crippen LogP contribution in [-0.2, 0) is 19.5 Å². The molecule has 6 nitrogen and oxygen atoms in total. The fourth-order valence-corrected chi connectivity index (χ4v) is 2.73. The molecule has 0 saturated heterocycles. The van der Waals surface area contributed by atoms with Gasteiger partial charge in [0.05, 0.1) is 0 Å².